The van der Waals surface area contributed by atoms with Crippen molar-refractivity contribution in [3.63, 3.8) is 0 Å². The van der Waals surface area contributed by atoms with Gasteiger partial charge in [0.25, 0.3) is 0 Å². The SMILES string of the molecule is CC(C)c1cc2c(cc1C(C)N)OCCCO2. The lowest BCUT2D eigenvalue weighted by Crippen LogP contribution is -2.10. The van der Waals surface area contributed by atoms with E-state index in [-0.39, 0.29) is 6.04 Å². The Bertz CT molecular complexity index is 362. The lowest BCUT2D eigenvalue weighted by atomic mass is 9.93. The Hall–Kier alpha value is -1.22. The molecule has 1 aromatic rings. The summed E-state index contributed by atoms with van der Waals surface area (Å²) < 4.78 is 11.4. The van der Waals surface area contributed by atoms with Crippen molar-refractivity contribution in [3.8, 4) is 11.5 Å². The summed E-state index contributed by atoms with van der Waals surface area (Å²) in [5.41, 5.74) is 8.44. The van der Waals surface area contributed by atoms with Crippen molar-refractivity contribution in [1.82, 2.24) is 0 Å². The van der Waals surface area contributed by atoms with Gasteiger partial charge in [0, 0.05) is 12.5 Å². The van der Waals surface area contributed by atoms with Crippen molar-refractivity contribution in [2.45, 2.75) is 39.2 Å². The van der Waals surface area contributed by atoms with Crippen molar-refractivity contribution in [2.24, 2.45) is 5.73 Å². The highest BCUT2D eigenvalue weighted by Crippen LogP contribution is 2.37. The molecule has 0 saturated carbocycles. The van der Waals surface area contributed by atoms with Crippen molar-refractivity contribution >= 4 is 0 Å². The molecule has 0 saturated heterocycles. The highest BCUT2D eigenvalue weighted by molar-refractivity contribution is 5.49. The summed E-state index contributed by atoms with van der Waals surface area (Å²) in [5.74, 6) is 2.13. The molecular formula is C14H21NO2. The van der Waals surface area contributed by atoms with E-state index in [1.54, 1.807) is 0 Å². The second kappa shape index (κ2) is 4.96. The maximum absolute atomic E-state index is 6.03. The van der Waals surface area contributed by atoms with Crippen LogP contribution in [0.3, 0.4) is 0 Å². The lowest BCUT2D eigenvalue weighted by molar-refractivity contribution is 0.297. The van der Waals surface area contributed by atoms with E-state index in [1.807, 2.05) is 13.0 Å². The minimum atomic E-state index is 0.0181. The number of benzene rings is 1. The van der Waals surface area contributed by atoms with Crippen LogP contribution in [0.2, 0.25) is 0 Å². The van der Waals surface area contributed by atoms with Gasteiger partial charge in [-0.3, -0.25) is 0 Å². The fourth-order valence-corrected chi connectivity index (χ4v) is 2.13. The molecule has 1 heterocycles. The summed E-state index contributed by atoms with van der Waals surface area (Å²) in [6, 6.07) is 4.15. The molecule has 0 aliphatic carbocycles. The topological polar surface area (TPSA) is 44.5 Å². The summed E-state index contributed by atoms with van der Waals surface area (Å²) in [5, 5.41) is 0. The normalized spacial score (nSPS) is 16.8. The first kappa shape index (κ1) is 12.2. The largest absolute Gasteiger partial charge is 0.490 e. The molecule has 0 spiro atoms. The zero-order valence-corrected chi connectivity index (χ0v) is 10.8. The minimum absolute atomic E-state index is 0.0181. The third-order valence-electron chi connectivity index (χ3n) is 3.07. The van der Waals surface area contributed by atoms with Gasteiger partial charge in [-0.1, -0.05) is 13.8 Å². The van der Waals surface area contributed by atoms with Crippen molar-refractivity contribution in [1.29, 1.82) is 0 Å². The molecule has 1 atom stereocenters. The molecule has 1 aliphatic heterocycles. The van der Waals surface area contributed by atoms with Gasteiger partial charge in [0.15, 0.2) is 11.5 Å². The molecular weight excluding hydrogens is 214 g/mol. The molecule has 0 radical (unpaired) electrons. The average molecular weight is 235 g/mol. The van der Waals surface area contributed by atoms with E-state index in [4.69, 9.17) is 15.2 Å². The summed E-state index contributed by atoms with van der Waals surface area (Å²) in [7, 11) is 0. The zero-order chi connectivity index (χ0) is 12.4. The minimum Gasteiger partial charge on any atom is -0.490 e. The lowest BCUT2D eigenvalue weighted by Gasteiger charge is -2.19. The number of ether oxygens (including phenoxy) is 2. The molecule has 0 amide bonds. The molecule has 1 unspecified atom stereocenters. The van der Waals surface area contributed by atoms with E-state index >= 15 is 0 Å². The number of hydrogen-bond donors (Lipinski definition) is 1. The Labute approximate surface area is 103 Å². The van der Waals surface area contributed by atoms with Gasteiger partial charge in [0.1, 0.15) is 0 Å². The van der Waals surface area contributed by atoms with Gasteiger partial charge >= 0.3 is 0 Å². The molecule has 0 fully saturated rings. The van der Waals surface area contributed by atoms with E-state index in [9.17, 15) is 0 Å². The number of hydrogen-bond acceptors (Lipinski definition) is 3. The standard InChI is InChI=1S/C14H21NO2/c1-9(2)11-7-13-14(8-12(11)10(3)15)17-6-4-5-16-13/h7-10H,4-6,15H2,1-3H3. The van der Waals surface area contributed by atoms with E-state index < -0.39 is 0 Å². The summed E-state index contributed by atoms with van der Waals surface area (Å²) >= 11 is 0. The maximum atomic E-state index is 6.03. The van der Waals surface area contributed by atoms with Crippen molar-refractivity contribution < 1.29 is 9.47 Å². The second-order valence-electron chi connectivity index (χ2n) is 4.92. The van der Waals surface area contributed by atoms with Gasteiger partial charge in [-0.15, -0.1) is 0 Å². The molecule has 17 heavy (non-hydrogen) atoms. The fraction of sp³-hybridized carbons (Fsp3) is 0.571. The quantitative estimate of drug-likeness (QED) is 0.857. The highest BCUT2D eigenvalue weighted by atomic mass is 16.5. The van der Waals surface area contributed by atoms with Crippen molar-refractivity contribution in [2.75, 3.05) is 13.2 Å². The molecule has 94 valence electrons. The maximum Gasteiger partial charge on any atom is 0.161 e. The second-order valence-corrected chi connectivity index (χ2v) is 4.92. The van der Waals surface area contributed by atoms with Crippen LogP contribution in [0.1, 0.15) is 50.3 Å². The highest BCUT2D eigenvalue weighted by Gasteiger charge is 2.18. The third kappa shape index (κ3) is 2.55. The molecule has 2 N–H and O–H groups in total. The van der Waals surface area contributed by atoms with Crippen LogP contribution in [0.5, 0.6) is 11.5 Å². The predicted molar refractivity (Wildman–Crippen MR) is 68.7 cm³/mol. The average Bonchev–Trinajstić information content (AvgIpc) is 2.51. The van der Waals surface area contributed by atoms with Gasteiger partial charge in [-0.05, 0) is 36.1 Å². The first-order chi connectivity index (χ1) is 8.09. The molecule has 0 aromatic heterocycles. The Kier molecular flexibility index (Phi) is 3.57. The third-order valence-corrected chi connectivity index (χ3v) is 3.07. The van der Waals surface area contributed by atoms with Crippen LogP contribution in [0.25, 0.3) is 0 Å². The predicted octanol–water partition coefficient (Wildman–Crippen LogP) is 2.99. The van der Waals surface area contributed by atoms with Gasteiger partial charge in [-0.25, -0.2) is 0 Å². The van der Waals surface area contributed by atoms with Gasteiger partial charge in [-0.2, -0.15) is 0 Å². The van der Waals surface area contributed by atoms with Crippen molar-refractivity contribution in [3.05, 3.63) is 23.3 Å². The first-order valence-corrected chi connectivity index (χ1v) is 6.28. The Balaban J connectivity index is 2.48. The molecule has 2 rings (SSSR count). The van der Waals surface area contributed by atoms with Crippen LogP contribution in [0.15, 0.2) is 12.1 Å². The van der Waals surface area contributed by atoms with E-state index in [2.05, 4.69) is 19.9 Å². The summed E-state index contributed by atoms with van der Waals surface area (Å²) in [4.78, 5) is 0. The van der Waals surface area contributed by atoms with Gasteiger partial charge in [0.05, 0.1) is 13.2 Å². The van der Waals surface area contributed by atoms with E-state index in [1.165, 1.54) is 5.56 Å². The zero-order valence-electron chi connectivity index (χ0n) is 10.8. The smallest absolute Gasteiger partial charge is 0.161 e. The molecule has 0 bridgehead atoms. The van der Waals surface area contributed by atoms with Gasteiger partial charge in [0.2, 0.25) is 0 Å². The van der Waals surface area contributed by atoms with E-state index in [0.717, 1.165) is 30.1 Å². The van der Waals surface area contributed by atoms with Crippen LogP contribution in [0, 0.1) is 0 Å². The first-order valence-electron chi connectivity index (χ1n) is 6.28. The molecule has 1 aliphatic rings. The van der Waals surface area contributed by atoms with Crippen LogP contribution >= 0.6 is 0 Å². The number of fused-ring (bicyclic) bond motifs is 1. The number of rotatable bonds is 2. The Morgan fingerprint density at radius 2 is 1.53 bits per heavy atom. The van der Waals surface area contributed by atoms with Crippen LogP contribution in [-0.2, 0) is 0 Å². The van der Waals surface area contributed by atoms with E-state index in [0.29, 0.717) is 12.5 Å². The van der Waals surface area contributed by atoms with Crippen LogP contribution in [-0.4, -0.2) is 13.2 Å². The van der Waals surface area contributed by atoms with Gasteiger partial charge < -0.3 is 15.2 Å². The van der Waals surface area contributed by atoms with Crippen LogP contribution in [0.4, 0.5) is 0 Å². The monoisotopic (exact) mass is 235 g/mol. The molecule has 3 nitrogen and oxygen atoms in total. The van der Waals surface area contributed by atoms with Crippen LogP contribution < -0.4 is 15.2 Å². The molecule has 3 heteroatoms. The molecule has 1 aromatic carbocycles. The summed E-state index contributed by atoms with van der Waals surface area (Å²) in [6.45, 7) is 7.79. The number of nitrogens with two attached hydrogens (primary N) is 1. The fourth-order valence-electron chi connectivity index (χ4n) is 2.13. The summed E-state index contributed by atoms with van der Waals surface area (Å²) in [6.07, 6.45) is 0.930. The Morgan fingerprint density at radius 1 is 1.00 bits per heavy atom. The Morgan fingerprint density at radius 3 is 2.00 bits per heavy atom.